The molecule has 0 atom stereocenters. The second-order valence-electron chi connectivity index (χ2n) is 3.34. The number of nitrogens with zero attached hydrogens (tertiary/aromatic N) is 2. The molecule has 0 amide bonds. The molecule has 0 bridgehead atoms. The van der Waals surface area contributed by atoms with Crippen LogP contribution in [-0.2, 0) is 6.42 Å². The monoisotopic (exact) mass is 228 g/mol. The van der Waals surface area contributed by atoms with Crippen LogP contribution in [0.25, 0.3) is 11.1 Å². The number of benzene rings is 1. The third kappa shape index (κ3) is 2.05. The quantitative estimate of drug-likeness (QED) is 0.738. The molecule has 1 aromatic carbocycles. The van der Waals surface area contributed by atoms with Crippen molar-refractivity contribution in [2.45, 2.75) is 6.42 Å². The van der Waals surface area contributed by atoms with Crippen molar-refractivity contribution < 1.29 is 0 Å². The van der Waals surface area contributed by atoms with Crippen LogP contribution in [0, 0.1) is 11.3 Å². The maximum Gasteiger partial charge on any atom is 0.137 e. The van der Waals surface area contributed by atoms with Gasteiger partial charge >= 0.3 is 0 Å². The average molecular weight is 229 g/mol. The van der Waals surface area contributed by atoms with Crippen LogP contribution in [0.15, 0.2) is 42.6 Å². The molecule has 1 heterocycles. The molecular weight excluding hydrogens is 220 g/mol. The molecule has 0 N–H and O–H groups in total. The summed E-state index contributed by atoms with van der Waals surface area (Å²) >= 11 is 6.08. The van der Waals surface area contributed by atoms with Crippen LogP contribution in [0.1, 0.15) is 5.56 Å². The van der Waals surface area contributed by atoms with Crippen molar-refractivity contribution in [2.24, 2.45) is 0 Å². The standard InChI is InChI=1S/C13H9ClN2/c14-13-12(10-4-2-1-3-5-10)11(6-8-15)7-9-16-13/h1-5,7,9H,6H2. The Morgan fingerprint density at radius 1 is 1.19 bits per heavy atom. The van der Waals surface area contributed by atoms with Gasteiger partial charge in [-0.3, -0.25) is 0 Å². The largest absolute Gasteiger partial charge is 0.244 e. The van der Waals surface area contributed by atoms with Crippen LogP contribution in [0.5, 0.6) is 0 Å². The van der Waals surface area contributed by atoms with Gasteiger partial charge in [0.2, 0.25) is 0 Å². The SMILES string of the molecule is N#CCc1ccnc(Cl)c1-c1ccccc1. The molecule has 1 aromatic heterocycles. The Labute approximate surface area is 99.1 Å². The number of aromatic nitrogens is 1. The number of hydrogen-bond donors (Lipinski definition) is 0. The highest BCUT2D eigenvalue weighted by atomic mass is 35.5. The summed E-state index contributed by atoms with van der Waals surface area (Å²) in [5, 5.41) is 9.21. The summed E-state index contributed by atoms with van der Waals surface area (Å²) in [6.07, 6.45) is 1.97. The van der Waals surface area contributed by atoms with Crippen LogP contribution in [-0.4, -0.2) is 4.98 Å². The van der Waals surface area contributed by atoms with E-state index in [0.29, 0.717) is 11.6 Å². The van der Waals surface area contributed by atoms with E-state index < -0.39 is 0 Å². The van der Waals surface area contributed by atoms with E-state index >= 15 is 0 Å². The topological polar surface area (TPSA) is 36.7 Å². The molecule has 78 valence electrons. The third-order valence-corrected chi connectivity index (χ3v) is 2.61. The Bertz CT molecular complexity index is 529. The smallest absolute Gasteiger partial charge is 0.137 e. The lowest BCUT2D eigenvalue weighted by atomic mass is 10.0. The maximum absolute atomic E-state index is 8.77. The lowest BCUT2D eigenvalue weighted by Gasteiger charge is -2.08. The highest BCUT2D eigenvalue weighted by molar-refractivity contribution is 6.32. The fraction of sp³-hybridized carbons (Fsp3) is 0.0769. The van der Waals surface area contributed by atoms with E-state index in [1.54, 1.807) is 6.20 Å². The number of pyridine rings is 1. The Morgan fingerprint density at radius 2 is 1.94 bits per heavy atom. The van der Waals surface area contributed by atoms with Crippen LogP contribution < -0.4 is 0 Å². The molecular formula is C13H9ClN2. The van der Waals surface area contributed by atoms with Crippen molar-refractivity contribution in [1.82, 2.24) is 4.98 Å². The number of halogens is 1. The minimum absolute atomic E-state index is 0.340. The summed E-state index contributed by atoms with van der Waals surface area (Å²) in [6, 6.07) is 13.7. The van der Waals surface area contributed by atoms with E-state index in [1.165, 1.54) is 0 Å². The minimum atomic E-state index is 0.340. The number of rotatable bonds is 2. The van der Waals surface area contributed by atoms with E-state index in [1.807, 2.05) is 36.4 Å². The van der Waals surface area contributed by atoms with Gasteiger partial charge in [-0.15, -0.1) is 0 Å². The molecule has 0 unspecified atom stereocenters. The maximum atomic E-state index is 8.77. The highest BCUT2D eigenvalue weighted by Crippen LogP contribution is 2.29. The summed E-state index contributed by atoms with van der Waals surface area (Å²) in [5.41, 5.74) is 2.76. The van der Waals surface area contributed by atoms with Gasteiger partial charge in [-0.1, -0.05) is 41.9 Å². The van der Waals surface area contributed by atoms with Crippen molar-refractivity contribution >= 4 is 11.6 Å². The number of hydrogen-bond acceptors (Lipinski definition) is 2. The predicted molar refractivity (Wildman–Crippen MR) is 64.0 cm³/mol. The van der Waals surface area contributed by atoms with E-state index in [-0.39, 0.29) is 0 Å². The lowest BCUT2D eigenvalue weighted by Crippen LogP contribution is -1.91. The molecule has 2 rings (SSSR count). The molecule has 0 saturated carbocycles. The molecule has 16 heavy (non-hydrogen) atoms. The Morgan fingerprint density at radius 3 is 2.62 bits per heavy atom. The lowest BCUT2D eigenvalue weighted by molar-refractivity contribution is 1.21. The van der Waals surface area contributed by atoms with Gasteiger partial charge in [-0.2, -0.15) is 5.26 Å². The van der Waals surface area contributed by atoms with E-state index in [9.17, 15) is 0 Å². The minimum Gasteiger partial charge on any atom is -0.244 e. The van der Waals surface area contributed by atoms with Crippen molar-refractivity contribution in [2.75, 3.05) is 0 Å². The average Bonchev–Trinajstić information content (AvgIpc) is 2.31. The molecule has 0 saturated heterocycles. The first-order valence-electron chi connectivity index (χ1n) is 4.88. The molecule has 0 aliphatic heterocycles. The van der Waals surface area contributed by atoms with Crippen LogP contribution in [0.4, 0.5) is 0 Å². The zero-order chi connectivity index (χ0) is 11.4. The van der Waals surface area contributed by atoms with Crippen LogP contribution in [0.3, 0.4) is 0 Å². The normalized spacial score (nSPS) is 9.75. The zero-order valence-electron chi connectivity index (χ0n) is 8.52. The molecule has 2 nitrogen and oxygen atoms in total. The van der Waals surface area contributed by atoms with E-state index in [0.717, 1.165) is 16.7 Å². The molecule has 0 fully saturated rings. The zero-order valence-corrected chi connectivity index (χ0v) is 9.28. The summed E-state index contributed by atoms with van der Waals surface area (Å²) < 4.78 is 0. The van der Waals surface area contributed by atoms with E-state index in [4.69, 9.17) is 16.9 Å². The predicted octanol–water partition coefficient (Wildman–Crippen LogP) is 3.47. The van der Waals surface area contributed by atoms with Gasteiger partial charge in [-0.05, 0) is 17.2 Å². The van der Waals surface area contributed by atoms with Crippen LogP contribution in [0.2, 0.25) is 5.15 Å². The Balaban J connectivity index is 2.60. The molecule has 0 radical (unpaired) electrons. The first kappa shape index (κ1) is 10.7. The molecule has 2 aromatic rings. The fourth-order valence-corrected chi connectivity index (χ4v) is 1.90. The van der Waals surface area contributed by atoms with Gasteiger partial charge in [0.15, 0.2) is 0 Å². The van der Waals surface area contributed by atoms with Gasteiger partial charge in [0.1, 0.15) is 5.15 Å². The van der Waals surface area contributed by atoms with Gasteiger partial charge < -0.3 is 0 Å². The van der Waals surface area contributed by atoms with Gasteiger partial charge in [0, 0.05) is 11.8 Å². The van der Waals surface area contributed by atoms with Crippen molar-refractivity contribution in [1.29, 1.82) is 5.26 Å². The second-order valence-corrected chi connectivity index (χ2v) is 3.69. The summed E-state index contributed by atoms with van der Waals surface area (Å²) in [4.78, 5) is 4.05. The molecule has 0 aliphatic rings. The van der Waals surface area contributed by atoms with Crippen molar-refractivity contribution in [3.05, 3.63) is 53.3 Å². The van der Waals surface area contributed by atoms with Gasteiger partial charge in [0.05, 0.1) is 12.5 Å². The Kier molecular flexibility index (Phi) is 3.19. The molecule has 0 spiro atoms. The summed E-state index contributed by atoms with van der Waals surface area (Å²) in [6.45, 7) is 0. The van der Waals surface area contributed by atoms with Crippen LogP contribution >= 0.6 is 11.6 Å². The molecule has 3 heteroatoms. The first-order chi connectivity index (χ1) is 7.83. The first-order valence-corrected chi connectivity index (χ1v) is 5.26. The summed E-state index contributed by atoms with van der Waals surface area (Å²) in [7, 11) is 0. The summed E-state index contributed by atoms with van der Waals surface area (Å²) in [5.74, 6) is 0. The number of nitriles is 1. The highest BCUT2D eigenvalue weighted by Gasteiger charge is 2.09. The Hall–Kier alpha value is -1.85. The fourth-order valence-electron chi connectivity index (χ4n) is 1.61. The van der Waals surface area contributed by atoms with Crippen molar-refractivity contribution in [3.63, 3.8) is 0 Å². The van der Waals surface area contributed by atoms with Gasteiger partial charge in [0.25, 0.3) is 0 Å². The van der Waals surface area contributed by atoms with Gasteiger partial charge in [-0.25, -0.2) is 4.98 Å². The van der Waals surface area contributed by atoms with Crippen molar-refractivity contribution in [3.8, 4) is 17.2 Å². The molecule has 0 aliphatic carbocycles. The van der Waals surface area contributed by atoms with E-state index in [2.05, 4.69) is 11.1 Å². The second kappa shape index (κ2) is 4.78. The third-order valence-electron chi connectivity index (χ3n) is 2.32.